The second-order valence-electron chi connectivity index (χ2n) is 5.38. The van der Waals surface area contributed by atoms with Gasteiger partial charge in [0.1, 0.15) is 0 Å². The molecule has 0 amide bonds. The third-order valence-electron chi connectivity index (χ3n) is 3.72. The lowest BCUT2D eigenvalue weighted by Crippen LogP contribution is -2.27. The predicted octanol–water partition coefficient (Wildman–Crippen LogP) is 3.35. The minimum Gasteiger partial charge on any atom is -0.211 e. The Hall–Kier alpha value is -1.08. The minimum absolute atomic E-state index is 0.123. The largest absolute Gasteiger partial charge is 0.416 e. The van der Waals surface area contributed by atoms with E-state index in [-0.39, 0.29) is 17.4 Å². The van der Waals surface area contributed by atoms with Gasteiger partial charge in [-0.1, -0.05) is 25.8 Å². The Bertz CT molecular complexity index is 611. The number of fused-ring (bicyclic) bond motifs is 1. The zero-order valence-electron chi connectivity index (χ0n) is 11.7. The van der Waals surface area contributed by atoms with E-state index in [1.165, 1.54) is 6.07 Å². The van der Waals surface area contributed by atoms with Gasteiger partial charge >= 0.3 is 6.18 Å². The van der Waals surface area contributed by atoms with Crippen LogP contribution in [0.15, 0.2) is 23.1 Å². The van der Waals surface area contributed by atoms with Gasteiger partial charge in [0.15, 0.2) is 0 Å². The summed E-state index contributed by atoms with van der Waals surface area (Å²) < 4.78 is 64.9. The molecular weight excluding hydrogens is 303 g/mol. The molecule has 7 heteroatoms. The van der Waals surface area contributed by atoms with Gasteiger partial charge in [0.25, 0.3) is 0 Å². The summed E-state index contributed by atoms with van der Waals surface area (Å²) in [6, 6.07) is 2.98. The molecule has 118 valence electrons. The second-order valence-corrected chi connectivity index (χ2v) is 7.12. The third kappa shape index (κ3) is 3.77. The lowest BCUT2D eigenvalue weighted by molar-refractivity contribution is -0.137. The van der Waals surface area contributed by atoms with Gasteiger partial charge in [-0.25, -0.2) is 13.1 Å². The maximum absolute atomic E-state index is 12.7. The Morgan fingerprint density at radius 2 is 2.05 bits per heavy atom. The van der Waals surface area contributed by atoms with Crippen LogP contribution in [-0.2, 0) is 22.6 Å². The fourth-order valence-corrected chi connectivity index (χ4v) is 3.92. The van der Waals surface area contributed by atoms with Gasteiger partial charge < -0.3 is 0 Å². The van der Waals surface area contributed by atoms with Crippen LogP contribution in [0.3, 0.4) is 0 Å². The van der Waals surface area contributed by atoms with E-state index in [4.69, 9.17) is 0 Å². The Balaban J connectivity index is 2.40. The van der Waals surface area contributed by atoms with Crippen LogP contribution in [-0.4, -0.2) is 15.0 Å². The van der Waals surface area contributed by atoms with E-state index in [9.17, 15) is 21.6 Å². The van der Waals surface area contributed by atoms with Crippen molar-refractivity contribution < 1.29 is 21.6 Å². The molecule has 1 N–H and O–H groups in total. The highest BCUT2D eigenvalue weighted by Gasteiger charge is 2.34. The Labute approximate surface area is 122 Å². The summed E-state index contributed by atoms with van der Waals surface area (Å²) >= 11 is 0. The molecule has 1 atom stereocenters. The molecular formula is C14H18F3NO2S. The van der Waals surface area contributed by atoms with Crippen molar-refractivity contribution in [2.75, 3.05) is 6.54 Å². The molecule has 21 heavy (non-hydrogen) atoms. The van der Waals surface area contributed by atoms with E-state index in [1.807, 2.05) is 6.92 Å². The highest BCUT2D eigenvalue weighted by Crippen LogP contribution is 2.33. The molecule has 3 nitrogen and oxygen atoms in total. The molecule has 1 aliphatic heterocycles. The molecule has 1 aromatic carbocycles. The Morgan fingerprint density at radius 1 is 1.33 bits per heavy atom. The van der Waals surface area contributed by atoms with Crippen molar-refractivity contribution in [1.29, 1.82) is 0 Å². The third-order valence-corrected chi connectivity index (χ3v) is 5.23. The summed E-state index contributed by atoms with van der Waals surface area (Å²) in [4.78, 5) is -0.240. The number of alkyl halides is 3. The zero-order chi connectivity index (χ0) is 15.7. The number of benzene rings is 1. The van der Waals surface area contributed by atoms with Crippen molar-refractivity contribution in [3.63, 3.8) is 0 Å². The monoisotopic (exact) mass is 321 g/mol. The maximum atomic E-state index is 12.7. The van der Waals surface area contributed by atoms with Crippen LogP contribution in [0.4, 0.5) is 13.2 Å². The summed E-state index contributed by atoms with van der Waals surface area (Å²) in [5.41, 5.74) is -0.465. The Kier molecular flexibility index (Phi) is 4.63. The van der Waals surface area contributed by atoms with E-state index in [0.29, 0.717) is 12.0 Å². The molecule has 0 fully saturated rings. The number of nitrogens with one attached hydrogen (secondary N) is 1. The van der Waals surface area contributed by atoms with Crippen molar-refractivity contribution in [3.05, 3.63) is 29.3 Å². The summed E-state index contributed by atoms with van der Waals surface area (Å²) in [7, 11) is -3.87. The number of hydrogen-bond donors (Lipinski definition) is 1. The number of halogens is 3. The molecule has 1 aromatic rings. The fraction of sp³-hybridized carbons (Fsp3) is 0.571. The maximum Gasteiger partial charge on any atom is 0.416 e. The van der Waals surface area contributed by atoms with Crippen molar-refractivity contribution >= 4 is 10.0 Å². The summed E-state index contributed by atoms with van der Waals surface area (Å²) in [6.45, 7) is 2.32. The zero-order valence-corrected chi connectivity index (χ0v) is 12.5. The lowest BCUT2D eigenvalue weighted by Gasteiger charge is -2.13. The molecule has 0 radical (unpaired) electrons. The molecule has 0 spiro atoms. The van der Waals surface area contributed by atoms with Crippen LogP contribution in [0.1, 0.15) is 37.3 Å². The van der Waals surface area contributed by atoms with Crippen molar-refractivity contribution in [3.8, 4) is 0 Å². The van der Waals surface area contributed by atoms with Gasteiger partial charge in [-0.3, -0.25) is 0 Å². The predicted molar refractivity (Wildman–Crippen MR) is 73.4 cm³/mol. The number of unbranched alkanes of at least 4 members (excludes halogenated alkanes) is 1. The van der Waals surface area contributed by atoms with Gasteiger partial charge in [0.2, 0.25) is 10.0 Å². The quantitative estimate of drug-likeness (QED) is 0.928. The van der Waals surface area contributed by atoms with Crippen molar-refractivity contribution in [2.24, 2.45) is 5.92 Å². The number of hydrogen-bond acceptors (Lipinski definition) is 2. The molecule has 0 saturated carbocycles. The van der Waals surface area contributed by atoms with Crippen molar-refractivity contribution in [2.45, 2.75) is 43.7 Å². The lowest BCUT2D eigenvalue weighted by atomic mass is 9.94. The molecule has 0 aliphatic carbocycles. The minimum atomic E-state index is -4.54. The highest BCUT2D eigenvalue weighted by molar-refractivity contribution is 7.89. The van der Waals surface area contributed by atoms with Gasteiger partial charge in [-0.2, -0.15) is 13.2 Å². The van der Waals surface area contributed by atoms with Crippen LogP contribution in [0, 0.1) is 5.92 Å². The summed E-state index contributed by atoms with van der Waals surface area (Å²) in [6.07, 6.45) is -1.22. The van der Waals surface area contributed by atoms with E-state index in [0.717, 1.165) is 31.4 Å². The summed E-state index contributed by atoms with van der Waals surface area (Å²) in [5.74, 6) is 0.123. The molecule has 2 rings (SSSR count). The number of sulfonamides is 1. The topological polar surface area (TPSA) is 46.2 Å². The summed E-state index contributed by atoms with van der Waals surface area (Å²) in [5, 5.41) is 0. The van der Waals surface area contributed by atoms with Gasteiger partial charge in [0, 0.05) is 6.54 Å². The first-order valence-electron chi connectivity index (χ1n) is 6.94. The number of rotatable bonds is 3. The first kappa shape index (κ1) is 16.3. The molecule has 1 heterocycles. The average Bonchev–Trinajstić information content (AvgIpc) is 2.52. The van der Waals surface area contributed by atoms with Crippen LogP contribution in [0.5, 0.6) is 0 Å². The second kappa shape index (κ2) is 5.96. The first-order chi connectivity index (χ1) is 9.74. The van der Waals surface area contributed by atoms with Crippen LogP contribution < -0.4 is 4.72 Å². The van der Waals surface area contributed by atoms with Crippen LogP contribution in [0.25, 0.3) is 0 Å². The van der Waals surface area contributed by atoms with Gasteiger partial charge in [-0.15, -0.1) is 0 Å². The van der Waals surface area contributed by atoms with Gasteiger partial charge in [-0.05, 0) is 36.5 Å². The molecule has 0 unspecified atom stereocenters. The molecule has 1 aliphatic rings. The van der Waals surface area contributed by atoms with E-state index in [1.54, 1.807) is 0 Å². The molecule has 0 bridgehead atoms. The van der Waals surface area contributed by atoms with E-state index >= 15 is 0 Å². The highest BCUT2D eigenvalue weighted by atomic mass is 32.2. The van der Waals surface area contributed by atoms with Gasteiger partial charge in [0.05, 0.1) is 10.5 Å². The standard InChI is InChI=1S/C14H18F3NO2S/c1-2-3-4-10-7-11-5-6-12(14(15,16)17)8-13(11)21(19,20)18-9-10/h5-6,8,10,18H,2-4,7,9H2,1H3/t10-/m0/s1. The Morgan fingerprint density at radius 3 is 2.67 bits per heavy atom. The first-order valence-corrected chi connectivity index (χ1v) is 8.42. The van der Waals surface area contributed by atoms with E-state index in [2.05, 4.69) is 4.72 Å². The van der Waals surface area contributed by atoms with Crippen LogP contribution >= 0.6 is 0 Å². The molecule has 0 aromatic heterocycles. The fourth-order valence-electron chi connectivity index (χ4n) is 2.54. The smallest absolute Gasteiger partial charge is 0.211 e. The normalized spacial score (nSPS) is 21.6. The van der Waals surface area contributed by atoms with Crippen LogP contribution in [0.2, 0.25) is 0 Å². The SMILES string of the molecule is CCCC[C@@H]1CNS(=O)(=O)c2cc(C(F)(F)F)ccc2C1. The average molecular weight is 321 g/mol. The van der Waals surface area contributed by atoms with E-state index < -0.39 is 21.8 Å². The van der Waals surface area contributed by atoms with Crippen molar-refractivity contribution in [1.82, 2.24) is 4.72 Å². The molecule has 0 saturated heterocycles.